The maximum atomic E-state index is 13.0. The van der Waals surface area contributed by atoms with Gasteiger partial charge in [-0.15, -0.1) is 0 Å². The Balaban J connectivity index is 1.46. The predicted molar refractivity (Wildman–Crippen MR) is 113 cm³/mol. The molecule has 0 aromatic heterocycles. The molecule has 2 heterocycles. The molecule has 2 amide bonds. The van der Waals surface area contributed by atoms with E-state index in [1.54, 1.807) is 14.2 Å². The van der Waals surface area contributed by atoms with E-state index in [9.17, 15) is 9.59 Å². The van der Waals surface area contributed by atoms with Crippen molar-refractivity contribution in [3.05, 3.63) is 29.8 Å². The molecular weight excluding hydrogens is 384 g/mol. The van der Waals surface area contributed by atoms with Crippen LogP contribution in [0.15, 0.2) is 24.3 Å². The fourth-order valence-electron chi connectivity index (χ4n) is 4.19. The summed E-state index contributed by atoms with van der Waals surface area (Å²) < 4.78 is 16.0. The van der Waals surface area contributed by atoms with Crippen LogP contribution in [-0.2, 0) is 25.5 Å². The normalized spacial score (nSPS) is 20.5. The van der Waals surface area contributed by atoms with Crippen molar-refractivity contribution in [3.63, 3.8) is 0 Å². The molecule has 2 aliphatic rings. The fourth-order valence-corrected chi connectivity index (χ4v) is 4.19. The molecular formula is C23H34N2O5. The summed E-state index contributed by atoms with van der Waals surface area (Å²) in [4.78, 5) is 29.2. The van der Waals surface area contributed by atoms with Crippen LogP contribution in [0.1, 0.15) is 31.2 Å². The monoisotopic (exact) mass is 418 g/mol. The predicted octanol–water partition coefficient (Wildman–Crippen LogP) is 2.13. The Morgan fingerprint density at radius 1 is 1.07 bits per heavy atom. The zero-order valence-electron chi connectivity index (χ0n) is 18.2. The van der Waals surface area contributed by atoms with Gasteiger partial charge in [0.15, 0.2) is 0 Å². The van der Waals surface area contributed by atoms with Crippen LogP contribution in [0.25, 0.3) is 0 Å². The van der Waals surface area contributed by atoms with Crippen LogP contribution in [0.4, 0.5) is 0 Å². The lowest BCUT2D eigenvalue weighted by Crippen LogP contribution is -2.49. The van der Waals surface area contributed by atoms with Crippen LogP contribution in [0.5, 0.6) is 5.75 Å². The second-order valence-electron chi connectivity index (χ2n) is 8.06. The van der Waals surface area contributed by atoms with Gasteiger partial charge >= 0.3 is 0 Å². The van der Waals surface area contributed by atoms with E-state index in [0.717, 1.165) is 43.7 Å². The Morgan fingerprint density at radius 3 is 2.47 bits per heavy atom. The number of benzene rings is 1. The summed E-state index contributed by atoms with van der Waals surface area (Å²) in [5.74, 6) is 1.07. The number of carbonyl (C=O) groups excluding carboxylic acids is 2. The van der Waals surface area contributed by atoms with E-state index < -0.39 is 0 Å². The van der Waals surface area contributed by atoms with Gasteiger partial charge in [0.1, 0.15) is 5.75 Å². The molecule has 3 rings (SSSR count). The van der Waals surface area contributed by atoms with E-state index in [2.05, 4.69) is 0 Å². The summed E-state index contributed by atoms with van der Waals surface area (Å²) in [6.45, 7) is 3.83. The number of carbonyl (C=O) groups is 2. The van der Waals surface area contributed by atoms with Gasteiger partial charge in [0.25, 0.3) is 0 Å². The minimum atomic E-state index is -0.0930. The van der Waals surface area contributed by atoms with Crippen molar-refractivity contribution in [2.75, 3.05) is 53.6 Å². The number of ether oxygens (including phenoxy) is 3. The third-order valence-electron chi connectivity index (χ3n) is 6.07. The van der Waals surface area contributed by atoms with Crippen molar-refractivity contribution in [3.8, 4) is 5.75 Å². The van der Waals surface area contributed by atoms with Gasteiger partial charge in [-0.25, -0.2) is 0 Å². The summed E-state index contributed by atoms with van der Waals surface area (Å²) in [7, 11) is 3.31. The third kappa shape index (κ3) is 6.19. The molecule has 166 valence electrons. The first-order valence-electron chi connectivity index (χ1n) is 10.9. The zero-order chi connectivity index (χ0) is 21.3. The van der Waals surface area contributed by atoms with Crippen LogP contribution < -0.4 is 4.74 Å². The largest absolute Gasteiger partial charge is 0.497 e. The second kappa shape index (κ2) is 11.3. The minimum Gasteiger partial charge on any atom is -0.497 e. The van der Waals surface area contributed by atoms with Gasteiger partial charge < -0.3 is 24.0 Å². The van der Waals surface area contributed by atoms with E-state index in [1.165, 1.54) is 0 Å². The van der Waals surface area contributed by atoms with E-state index in [0.29, 0.717) is 39.1 Å². The van der Waals surface area contributed by atoms with Gasteiger partial charge in [-0.2, -0.15) is 0 Å². The Hall–Kier alpha value is -2.12. The molecule has 0 aliphatic carbocycles. The number of amides is 2. The van der Waals surface area contributed by atoms with Gasteiger partial charge in [-0.3, -0.25) is 9.59 Å². The smallest absolute Gasteiger partial charge is 0.227 e. The first-order chi connectivity index (χ1) is 14.6. The lowest BCUT2D eigenvalue weighted by Gasteiger charge is -2.37. The molecule has 30 heavy (non-hydrogen) atoms. The number of hydrogen-bond donors (Lipinski definition) is 0. The highest BCUT2D eigenvalue weighted by Crippen LogP contribution is 2.23. The van der Waals surface area contributed by atoms with Gasteiger partial charge in [0.2, 0.25) is 11.8 Å². The van der Waals surface area contributed by atoms with Crippen LogP contribution in [0.3, 0.4) is 0 Å². The van der Waals surface area contributed by atoms with Gasteiger partial charge in [-0.1, -0.05) is 12.1 Å². The lowest BCUT2D eigenvalue weighted by molar-refractivity contribution is -0.144. The molecule has 1 aromatic rings. The van der Waals surface area contributed by atoms with Gasteiger partial charge in [0.05, 0.1) is 32.3 Å². The Kier molecular flexibility index (Phi) is 8.51. The second-order valence-corrected chi connectivity index (χ2v) is 8.06. The van der Waals surface area contributed by atoms with Gasteiger partial charge in [0, 0.05) is 39.7 Å². The Bertz CT molecular complexity index is 685. The van der Waals surface area contributed by atoms with E-state index in [-0.39, 0.29) is 23.8 Å². The summed E-state index contributed by atoms with van der Waals surface area (Å²) in [5.41, 5.74) is 1.16. The highest BCUT2D eigenvalue weighted by atomic mass is 16.5. The first-order valence-corrected chi connectivity index (χ1v) is 10.9. The van der Waals surface area contributed by atoms with Crippen molar-refractivity contribution in [2.45, 2.75) is 38.2 Å². The van der Waals surface area contributed by atoms with Crippen LogP contribution in [0, 0.1) is 5.92 Å². The summed E-state index contributed by atoms with van der Waals surface area (Å²) in [6.07, 6.45) is 3.82. The third-order valence-corrected chi connectivity index (χ3v) is 6.07. The Labute approximate surface area is 179 Å². The molecule has 0 saturated carbocycles. The first kappa shape index (κ1) is 22.6. The molecule has 0 radical (unpaired) electrons. The van der Waals surface area contributed by atoms with Crippen molar-refractivity contribution < 1.29 is 23.8 Å². The molecule has 0 bridgehead atoms. The van der Waals surface area contributed by atoms with E-state index in [4.69, 9.17) is 14.2 Å². The molecule has 7 heteroatoms. The quantitative estimate of drug-likeness (QED) is 0.575. The van der Waals surface area contributed by atoms with Crippen LogP contribution >= 0.6 is 0 Å². The van der Waals surface area contributed by atoms with Crippen molar-refractivity contribution in [1.29, 1.82) is 0 Å². The zero-order valence-corrected chi connectivity index (χ0v) is 18.2. The number of rotatable bonds is 9. The molecule has 1 atom stereocenters. The average Bonchev–Trinajstić information content (AvgIpc) is 2.79. The number of piperidine rings is 2. The number of nitrogens with zero attached hydrogens (tertiary/aromatic N) is 2. The molecule has 7 nitrogen and oxygen atoms in total. The molecule has 1 aromatic carbocycles. The summed E-state index contributed by atoms with van der Waals surface area (Å²) >= 11 is 0. The fraction of sp³-hybridized carbons (Fsp3) is 0.652. The Morgan fingerprint density at radius 2 is 1.80 bits per heavy atom. The minimum absolute atomic E-state index is 0.0930. The topological polar surface area (TPSA) is 68.3 Å². The molecule has 0 unspecified atom stereocenters. The molecule has 0 spiro atoms. The van der Waals surface area contributed by atoms with Crippen LogP contribution in [-0.4, -0.2) is 81.3 Å². The standard InChI is InChI=1S/C23H34N2O5/c1-28-15-16-30-21-10-13-24(14-11-21)23(27)19-5-8-22(26)25(17-19)12-9-18-3-6-20(29-2)7-4-18/h3-4,6-7,19,21H,5,8-17H2,1-2H3/t19-/m0/s1. The average molecular weight is 419 g/mol. The van der Waals surface area contributed by atoms with E-state index in [1.807, 2.05) is 34.1 Å². The SMILES string of the molecule is COCCOC1CCN(C(=O)[C@H]2CCC(=O)N(CCc3ccc(OC)cc3)C2)CC1. The van der Waals surface area contributed by atoms with Crippen molar-refractivity contribution in [1.82, 2.24) is 9.80 Å². The van der Waals surface area contributed by atoms with Crippen molar-refractivity contribution >= 4 is 11.8 Å². The number of methoxy groups -OCH3 is 2. The maximum Gasteiger partial charge on any atom is 0.227 e. The van der Waals surface area contributed by atoms with Crippen molar-refractivity contribution in [2.24, 2.45) is 5.92 Å². The molecule has 0 N–H and O–H groups in total. The molecule has 2 fully saturated rings. The van der Waals surface area contributed by atoms with Crippen LogP contribution in [0.2, 0.25) is 0 Å². The maximum absolute atomic E-state index is 13.0. The van der Waals surface area contributed by atoms with E-state index >= 15 is 0 Å². The summed E-state index contributed by atoms with van der Waals surface area (Å²) in [5, 5.41) is 0. The molecule has 2 saturated heterocycles. The summed E-state index contributed by atoms with van der Waals surface area (Å²) in [6, 6.07) is 7.91. The number of likely N-dealkylation sites (tertiary alicyclic amines) is 2. The lowest BCUT2D eigenvalue weighted by atomic mass is 9.94. The highest BCUT2D eigenvalue weighted by Gasteiger charge is 2.34. The highest BCUT2D eigenvalue weighted by molar-refractivity contribution is 5.84. The number of hydrogen-bond acceptors (Lipinski definition) is 5. The molecule has 2 aliphatic heterocycles. The van der Waals surface area contributed by atoms with Gasteiger partial charge in [-0.05, 0) is 43.4 Å².